The van der Waals surface area contributed by atoms with Crippen LogP contribution in [0.2, 0.25) is 0 Å². The molecule has 0 aliphatic carbocycles. The molecule has 0 aromatic rings. The van der Waals surface area contributed by atoms with Crippen LogP contribution in [0.25, 0.3) is 0 Å². The van der Waals surface area contributed by atoms with E-state index in [0.29, 0.717) is 0 Å². The summed E-state index contributed by atoms with van der Waals surface area (Å²) in [4.78, 5) is 0. The number of aliphatic hydroxyl groups excluding tert-OH is 8. The van der Waals surface area contributed by atoms with Gasteiger partial charge >= 0.3 is 0 Å². The van der Waals surface area contributed by atoms with Crippen molar-refractivity contribution in [2.75, 3.05) is 13.2 Å². The first-order valence-electron chi connectivity index (χ1n) is 8.54. The SMILES string of the molecule is CC(C)(C)CC(O)C(O)C(O[C@@H]1OC(CO)[C@H](O)[C@H](O)C1O)C(O)CO. The molecule has 1 fully saturated rings. The number of aliphatic hydroxyl groups is 8. The molecule has 1 rings (SSSR count). The molecular formula is C16H32O10. The number of hydrogen-bond donors (Lipinski definition) is 8. The van der Waals surface area contributed by atoms with Gasteiger partial charge in [-0.05, 0) is 11.8 Å². The van der Waals surface area contributed by atoms with Crippen molar-refractivity contribution >= 4 is 0 Å². The summed E-state index contributed by atoms with van der Waals surface area (Å²) in [5.41, 5.74) is -0.349. The van der Waals surface area contributed by atoms with Crippen molar-refractivity contribution in [2.24, 2.45) is 5.41 Å². The van der Waals surface area contributed by atoms with E-state index in [2.05, 4.69) is 0 Å². The Hall–Kier alpha value is -0.400. The predicted molar refractivity (Wildman–Crippen MR) is 87.8 cm³/mol. The molecule has 0 radical (unpaired) electrons. The average Bonchev–Trinajstić information content (AvgIpc) is 2.56. The van der Waals surface area contributed by atoms with Crippen molar-refractivity contribution in [1.29, 1.82) is 0 Å². The second kappa shape index (κ2) is 9.69. The predicted octanol–water partition coefficient (Wildman–Crippen LogP) is -3.32. The second-order valence-corrected chi connectivity index (χ2v) is 7.87. The summed E-state index contributed by atoms with van der Waals surface area (Å²) in [5.74, 6) is 0. The second-order valence-electron chi connectivity index (χ2n) is 7.87. The van der Waals surface area contributed by atoms with Crippen LogP contribution >= 0.6 is 0 Å². The van der Waals surface area contributed by atoms with Gasteiger partial charge in [0.1, 0.15) is 42.7 Å². The first kappa shape index (κ1) is 23.6. The molecule has 6 unspecified atom stereocenters. The van der Waals surface area contributed by atoms with Gasteiger partial charge in [0.05, 0.1) is 19.3 Å². The minimum Gasteiger partial charge on any atom is -0.394 e. The lowest BCUT2D eigenvalue weighted by Crippen LogP contribution is -2.61. The normalized spacial score (nSPS) is 35.0. The van der Waals surface area contributed by atoms with E-state index in [0.717, 1.165) is 0 Å². The zero-order valence-electron chi connectivity index (χ0n) is 15.2. The van der Waals surface area contributed by atoms with Crippen molar-refractivity contribution in [3.8, 4) is 0 Å². The fraction of sp³-hybridized carbons (Fsp3) is 1.00. The molecule has 0 aromatic heterocycles. The Labute approximate surface area is 152 Å². The average molecular weight is 384 g/mol. The van der Waals surface area contributed by atoms with E-state index in [1.807, 2.05) is 20.8 Å². The van der Waals surface area contributed by atoms with Gasteiger partial charge in [-0.25, -0.2) is 0 Å². The molecule has 156 valence electrons. The Bertz CT molecular complexity index is 412. The maximum Gasteiger partial charge on any atom is 0.187 e. The Balaban J connectivity index is 2.93. The van der Waals surface area contributed by atoms with Crippen molar-refractivity contribution in [1.82, 2.24) is 0 Å². The van der Waals surface area contributed by atoms with Gasteiger partial charge < -0.3 is 50.3 Å². The van der Waals surface area contributed by atoms with Gasteiger partial charge in [-0.15, -0.1) is 0 Å². The van der Waals surface area contributed by atoms with E-state index >= 15 is 0 Å². The lowest BCUT2D eigenvalue weighted by atomic mass is 9.86. The molecule has 1 heterocycles. The van der Waals surface area contributed by atoms with Crippen molar-refractivity contribution < 1.29 is 50.3 Å². The third-order valence-corrected chi connectivity index (χ3v) is 4.26. The molecule has 0 spiro atoms. The van der Waals surface area contributed by atoms with Crippen molar-refractivity contribution in [2.45, 2.75) is 82.3 Å². The van der Waals surface area contributed by atoms with Crippen LogP contribution in [0.4, 0.5) is 0 Å². The van der Waals surface area contributed by atoms with Crippen molar-refractivity contribution in [3.63, 3.8) is 0 Å². The van der Waals surface area contributed by atoms with Gasteiger partial charge in [-0.1, -0.05) is 20.8 Å². The Kier molecular flexibility index (Phi) is 8.81. The molecule has 0 bridgehead atoms. The molecule has 8 N–H and O–H groups in total. The van der Waals surface area contributed by atoms with Crippen LogP contribution in [0.5, 0.6) is 0 Å². The molecule has 10 heteroatoms. The maximum atomic E-state index is 10.4. The summed E-state index contributed by atoms with van der Waals surface area (Å²) in [7, 11) is 0. The molecule has 0 amide bonds. The molecule has 1 aliphatic rings. The Morgan fingerprint density at radius 2 is 1.50 bits per heavy atom. The minimum absolute atomic E-state index is 0.154. The van der Waals surface area contributed by atoms with Crippen molar-refractivity contribution in [3.05, 3.63) is 0 Å². The summed E-state index contributed by atoms with van der Waals surface area (Å²) in [6.07, 6.45) is -13.9. The third kappa shape index (κ3) is 6.06. The number of hydrogen-bond acceptors (Lipinski definition) is 10. The maximum absolute atomic E-state index is 10.4. The summed E-state index contributed by atoms with van der Waals surface area (Å²) < 4.78 is 10.5. The summed E-state index contributed by atoms with van der Waals surface area (Å²) in [6, 6.07) is 0. The fourth-order valence-corrected chi connectivity index (χ4v) is 2.80. The monoisotopic (exact) mass is 384 g/mol. The highest BCUT2D eigenvalue weighted by atomic mass is 16.7. The van der Waals surface area contributed by atoms with Gasteiger partial charge in [0.15, 0.2) is 6.29 Å². The summed E-state index contributed by atoms with van der Waals surface area (Å²) in [6.45, 7) is 4.02. The highest BCUT2D eigenvalue weighted by molar-refractivity contribution is 4.91. The number of rotatable bonds is 8. The largest absolute Gasteiger partial charge is 0.394 e. The van der Waals surface area contributed by atoms with Gasteiger partial charge in [-0.2, -0.15) is 0 Å². The van der Waals surface area contributed by atoms with Crippen LogP contribution in [-0.2, 0) is 9.47 Å². The standard InChI is InChI=1S/C16H32O10/c1-16(2,3)4-7(19)10(21)14(8(20)5-17)26-15-13(24)12(23)11(22)9(6-18)25-15/h7-15,17-24H,4-6H2,1-3H3/t7?,8?,9?,10?,11-,12-,13?,14?,15-/m0/s1. The lowest BCUT2D eigenvalue weighted by molar-refractivity contribution is -0.327. The summed E-state index contributed by atoms with van der Waals surface area (Å²) in [5, 5.41) is 78.4. The van der Waals surface area contributed by atoms with E-state index in [1.54, 1.807) is 0 Å². The van der Waals surface area contributed by atoms with Gasteiger partial charge in [0, 0.05) is 0 Å². The van der Waals surface area contributed by atoms with Crippen LogP contribution < -0.4 is 0 Å². The zero-order chi connectivity index (χ0) is 20.2. The first-order valence-corrected chi connectivity index (χ1v) is 8.54. The lowest BCUT2D eigenvalue weighted by Gasteiger charge is -2.42. The summed E-state index contributed by atoms with van der Waals surface area (Å²) >= 11 is 0. The van der Waals surface area contributed by atoms with E-state index in [9.17, 15) is 40.9 Å². The van der Waals surface area contributed by atoms with Gasteiger partial charge in [0.25, 0.3) is 0 Å². The van der Waals surface area contributed by atoms with Crippen LogP contribution in [0.15, 0.2) is 0 Å². The van der Waals surface area contributed by atoms with E-state index < -0.39 is 68.3 Å². The van der Waals surface area contributed by atoms with Crippen LogP contribution in [-0.4, -0.2) is 109 Å². The van der Waals surface area contributed by atoms with Gasteiger partial charge in [-0.3, -0.25) is 0 Å². The highest BCUT2D eigenvalue weighted by Gasteiger charge is 2.46. The van der Waals surface area contributed by atoms with Crippen LogP contribution in [0.1, 0.15) is 27.2 Å². The molecule has 1 saturated heterocycles. The molecule has 10 nitrogen and oxygen atoms in total. The molecule has 9 atom stereocenters. The van der Waals surface area contributed by atoms with E-state index in [-0.39, 0.29) is 11.8 Å². The quantitative estimate of drug-likeness (QED) is 0.211. The van der Waals surface area contributed by atoms with E-state index in [1.165, 1.54) is 0 Å². The smallest absolute Gasteiger partial charge is 0.187 e. The van der Waals surface area contributed by atoms with Crippen LogP contribution in [0, 0.1) is 5.41 Å². The van der Waals surface area contributed by atoms with Crippen LogP contribution in [0.3, 0.4) is 0 Å². The Morgan fingerprint density at radius 1 is 0.923 bits per heavy atom. The molecule has 0 aromatic carbocycles. The number of ether oxygens (including phenoxy) is 2. The first-order chi connectivity index (χ1) is 11.9. The molecular weight excluding hydrogens is 352 g/mol. The Morgan fingerprint density at radius 3 is 1.96 bits per heavy atom. The third-order valence-electron chi connectivity index (χ3n) is 4.26. The van der Waals surface area contributed by atoms with E-state index in [4.69, 9.17) is 9.47 Å². The molecule has 1 aliphatic heterocycles. The zero-order valence-corrected chi connectivity index (χ0v) is 15.2. The highest BCUT2D eigenvalue weighted by Crippen LogP contribution is 2.27. The van der Waals surface area contributed by atoms with Gasteiger partial charge in [0.2, 0.25) is 0 Å². The fourth-order valence-electron chi connectivity index (χ4n) is 2.80. The molecule has 0 saturated carbocycles. The molecule has 26 heavy (non-hydrogen) atoms. The topological polar surface area (TPSA) is 180 Å². The minimum atomic E-state index is -1.74.